The van der Waals surface area contributed by atoms with Gasteiger partial charge in [-0.2, -0.15) is 13.2 Å². The number of nitrogens with one attached hydrogen (secondary N) is 1. The number of furan rings is 1. The number of carbonyl (C=O) groups is 1. The second kappa shape index (κ2) is 6.45. The summed E-state index contributed by atoms with van der Waals surface area (Å²) >= 11 is 5.79. The van der Waals surface area contributed by atoms with Gasteiger partial charge >= 0.3 is 6.18 Å². The van der Waals surface area contributed by atoms with Gasteiger partial charge < -0.3 is 14.7 Å². The molecule has 0 spiro atoms. The van der Waals surface area contributed by atoms with Gasteiger partial charge in [0.1, 0.15) is 11.2 Å². The largest absolute Gasteiger partial charge is 0.455 e. The zero-order valence-electron chi connectivity index (χ0n) is 10.8. The normalized spacial score (nSPS) is 11.1. The van der Waals surface area contributed by atoms with E-state index in [-0.39, 0.29) is 40.8 Å². The van der Waals surface area contributed by atoms with Crippen LogP contribution in [0.25, 0.3) is 0 Å². The van der Waals surface area contributed by atoms with Crippen LogP contribution in [-0.2, 0) is 12.7 Å². The maximum Gasteiger partial charge on any atom is 0.449 e. The second-order valence-corrected chi connectivity index (χ2v) is 4.61. The van der Waals surface area contributed by atoms with Crippen molar-refractivity contribution in [1.82, 2.24) is 4.57 Å². The third kappa shape index (κ3) is 3.83. The fraction of sp³-hybridized carbons (Fsp3) is 0.167. The van der Waals surface area contributed by atoms with Crippen LogP contribution in [0.3, 0.4) is 0 Å². The summed E-state index contributed by atoms with van der Waals surface area (Å²) in [5.74, 6) is -2.02. The number of pyridine rings is 1. The van der Waals surface area contributed by atoms with Crippen LogP contribution in [0, 0.1) is 5.41 Å². The number of halogens is 5. The zero-order valence-corrected chi connectivity index (χ0v) is 12.4. The first kappa shape index (κ1) is 18.1. The molecule has 0 atom stereocenters. The molecule has 0 bridgehead atoms. The van der Waals surface area contributed by atoms with Gasteiger partial charge in [-0.3, -0.25) is 10.2 Å². The number of nitrogens with zero attached hydrogens (tertiary/aromatic N) is 1. The summed E-state index contributed by atoms with van der Waals surface area (Å²) in [5.41, 5.74) is 4.70. The standard InChI is InChI=1S/C12H9ClF3N3O2.ClH/c13-6-3-8(11(18)20)10(17)19(4-6)5-7-1-2-9(21-7)12(14,15)16;/h1-4,17H,5H2,(H2,18,20);1H. The molecule has 22 heavy (non-hydrogen) atoms. The van der Waals surface area contributed by atoms with Gasteiger partial charge in [0, 0.05) is 6.20 Å². The Morgan fingerprint density at radius 1 is 1.41 bits per heavy atom. The lowest BCUT2D eigenvalue weighted by Crippen LogP contribution is -2.29. The molecule has 0 saturated carbocycles. The molecule has 10 heteroatoms. The quantitative estimate of drug-likeness (QED) is 0.886. The Balaban J connectivity index is 0.00000242. The summed E-state index contributed by atoms with van der Waals surface area (Å²) in [6.45, 7) is -0.185. The Kier molecular flexibility index (Phi) is 5.31. The van der Waals surface area contributed by atoms with Crippen LogP contribution in [-0.4, -0.2) is 10.5 Å². The third-order valence-corrected chi connectivity index (χ3v) is 2.84. The second-order valence-electron chi connectivity index (χ2n) is 4.18. The van der Waals surface area contributed by atoms with Crippen LogP contribution in [0.2, 0.25) is 5.02 Å². The van der Waals surface area contributed by atoms with Gasteiger partial charge in [0.15, 0.2) is 0 Å². The van der Waals surface area contributed by atoms with Crippen molar-refractivity contribution in [2.24, 2.45) is 5.73 Å². The Bertz CT molecular complexity index is 753. The summed E-state index contributed by atoms with van der Waals surface area (Å²) in [5, 5.41) is 7.92. The number of rotatable bonds is 3. The van der Waals surface area contributed by atoms with E-state index >= 15 is 0 Å². The van der Waals surface area contributed by atoms with Gasteiger partial charge in [-0.05, 0) is 18.2 Å². The summed E-state index contributed by atoms with van der Waals surface area (Å²) in [7, 11) is 0. The molecule has 5 nitrogen and oxygen atoms in total. The van der Waals surface area contributed by atoms with Gasteiger partial charge in [-0.1, -0.05) is 11.6 Å². The number of carbonyl (C=O) groups excluding carboxylic acids is 1. The minimum Gasteiger partial charge on any atom is -0.455 e. The third-order valence-electron chi connectivity index (χ3n) is 2.64. The molecule has 0 aromatic carbocycles. The van der Waals surface area contributed by atoms with Crippen molar-refractivity contribution in [3.05, 3.63) is 52.0 Å². The van der Waals surface area contributed by atoms with Crippen molar-refractivity contribution >= 4 is 29.9 Å². The van der Waals surface area contributed by atoms with E-state index in [1.54, 1.807) is 0 Å². The van der Waals surface area contributed by atoms with Gasteiger partial charge in [0.05, 0.1) is 17.1 Å². The Hall–Kier alpha value is -1.93. The Morgan fingerprint density at radius 3 is 2.55 bits per heavy atom. The summed E-state index contributed by atoms with van der Waals surface area (Å²) in [6, 6.07) is 3.14. The maximum absolute atomic E-state index is 12.4. The molecule has 2 heterocycles. The van der Waals surface area contributed by atoms with Crippen LogP contribution < -0.4 is 11.2 Å². The molecule has 0 aliphatic rings. The fourth-order valence-electron chi connectivity index (χ4n) is 1.71. The van der Waals surface area contributed by atoms with E-state index in [1.807, 2.05) is 0 Å². The fourth-order valence-corrected chi connectivity index (χ4v) is 1.93. The topological polar surface area (TPSA) is 85.0 Å². The number of nitrogens with two attached hydrogens (primary N) is 1. The average Bonchev–Trinajstić information content (AvgIpc) is 2.81. The zero-order chi connectivity index (χ0) is 15.8. The molecule has 0 fully saturated rings. The maximum atomic E-state index is 12.4. The first-order chi connectivity index (χ1) is 9.68. The van der Waals surface area contributed by atoms with Gasteiger partial charge in [0.25, 0.3) is 5.91 Å². The lowest BCUT2D eigenvalue weighted by atomic mass is 10.2. The molecule has 2 rings (SSSR count). The van der Waals surface area contributed by atoms with E-state index in [0.717, 1.165) is 12.1 Å². The van der Waals surface area contributed by atoms with Crippen molar-refractivity contribution in [2.45, 2.75) is 12.7 Å². The van der Waals surface area contributed by atoms with Gasteiger partial charge in [0.2, 0.25) is 5.76 Å². The number of hydrogen-bond donors (Lipinski definition) is 2. The molecule has 2 aromatic rings. The Morgan fingerprint density at radius 2 is 2.05 bits per heavy atom. The highest BCUT2D eigenvalue weighted by Gasteiger charge is 2.34. The van der Waals surface area contributed by atoms with Crippen LogP contribution in [0.5, 0.6) is 0 Å². The lowest BCUT2D eigenvalue weighted by Gasteiger charge is -2.08. The van der Waals surface area contributed by atoms with Crippen molar-refractivity contribution in [2.75, 3.05) is 0 Å². The molecule has 0 aliphatic heterocycles. The first-order valence-corrected chi connectivity index (χ1v) is 5.96. The van der Waals surface area contributed by atoms with Crippen molar-refractivity contribution in [3.8, 4) is 0 Å². The predicted octanol–water partition coefficient (Wildman–Crippen LogP) is 2.80. The number of hydrogen-bond acceptors (Lipinski definition) is 3. The number of alkyl halides is 3. The molecule has 0 aliphatic carbocycles. The van der Waals surface area contributed by atoms with E-state index in [9.17, 15) is 18.0 Å². The van der Waals surface area contributed by atoms with Crippen molar-refractivity contribution in [1.29, 1.82) is 5.41 Å². The highest BCUT2D eigenvalue weighted by molar-refractivity contribution is 6.30. The van der Waals surface area contributed by atoms with E-state index in [2.05, 4.69) is 4.42 Å². The highest BCUT2D eigenvalue weighted by atomic mass is 35.5. The van der Waals surface area contributed by atoms with Crippen LogP contribution >= 0.6 is 24.0 Å². The van der Waals surface area contributed by atoms with Crippen molar-refractivity contribution in [3.63, 3.8) is 0 Å². The van der Waals surface area contributed by atoms with E-state index in [1.165, 1.54) is 16.8 Å². The molecular formula is C12H10Cl2F3N3O2. The first-order valence-electron chi connectivity index (χ1n) is 5.59. The molecule has 1 amide bonds. The number of amides is 1. The monoisotopic (exact) mass is 355 g/mol. The molecule has 0 unspecified atom stereocenters. The molecule has 0 radical (unpaired) electrons. The van der Waals surface area contributed by atoms with Crippen molar-refractivity contribution < 1.29 is 22.4 Å². The summed E-state index contributed by atoms with van der Waals surface area (Å²) in [6.07, 6.45) is -3.29. The predicted molar refractivity (Wildman–Crippen MR) is 73.9 cm³/mol. The number of aromatic nitrogens is 1. The highest BCUT2D eigenvalue weighted by Crippen LogP contribution is 2.30. The van der Waals surface area contributed by atoms with Gasteiger partial charge in [-0.25, -0.2) is 0 Å². The Labute approximate surface area is 133 Å². The average molecular weight is 356 g/mol. The van der Waals surface area contributed by atoms with E-state index < -0.39 is 17.8 Å². The minimum absolute atomic E-state index is 0. The van der Waals surface area contributed by atoms with Crippen LogP contribution in [0.15, 0.2) is 28.8 Å². The SMILES string of the molecule is Cl.N=c1c(C(N)=O)cc(Cl)cn1Cc1ccc(C(F)(F)F)o1. The molecule has 3 N–H and O–H groups in total. The van der Waals surface area contributed by atoms with E-state index in [4.69, 9.17) is 22.7 Å². The molecule has 2 aromatic heterocycles. The minimum atomic E-state index is -4.58. The molecule has 0 saturated heterocycles. The lowest BCUT2D eigenvalue weighted by molar-refractivity contribution is -0.153. The van der Waals surface area contributed by atoms with Gasteiger partial charge in [-0.15, -0.1) is 12.4 Å². The van der Waals surface area contributed by atoms with Crippen LogP contribution in [0.4, 0.5) is 13.2 Å². The van der Waals surface area contributed by atoms with Crippen LogP contribution in [0.1, 0.15) is 21.9 Å². The smallest absolute Gasteiger partial charge is 0.449 e. The summed E-state index contributed by atoms with van der Waals surface area (Å²) in [4.78, 5) is 11.2. The molecule has 120 valence electrons. The number of primary amides is 1. The molecular weight excluding hydrogens is 346 g/mol. The van der Waals surface area contributed by atoms with E-state index in [0.29, 0.717) is 0 Å². The summed E-state index contributed by atoms with van der Waals surface area (Å²) < 4.78 is 43.1.